The SMILES string of the molecule is COc1ccc(-c2nc3ccccc3n2C(CC(C)C)C(=O)NC2CCCCC2)c(OC)c1. The van der Waals surface area contributed by atoms with Crippen LogP contribution in [0.25, 0.3) is 22.4 Å². The van der Waals surface area contributed by atoms with E-state index < -0.39 is 0 Å². The van der Waals surface area contributed by atoms with Crippen molar-refractivity contribution in [3.63, 3.8) is 0 Å². The molecule has 0 spiro atoms. The lowest BCUT2D eigenvalue weighted by Gasteiger charge is -2.28. The van der Waals surface area contributed by atoms with Crippen LogP contribution >= 0.6 is 0 Å². The van der Waals surface area contributed by atoms with Gasteiger partial charge < -0.3 is 19.4 Å². The summed E-state index contributed by atoms with van der Waals surface area (Å²) < 4.78 is 13.2. The average molecular weight is 450 g/mol. The molecule has 176 valence electrons. The molecular formula is C27H35N3O3. The Hall–Kier alpha value is -3.02. The normalized spacial score (nSPS) is 15.5. The topological polar surface area (TPSA) is 65.4 Å². The van der Waals surface area contributed by atoms with E-state index in [9.17, 15) is 4.79 Å². The molecule has 6 nitrogen and oxygen atoms in total. The Morgan fingerprint density at radius 3 is 2.55 bits per heavy atom. The summed E-state index contributed by atoms with van der Waals surface area (Å²) in [6, 6.07) is 13.6. The molecule has 1 atom stereocenters. The summed E-state index contributed by atoms with van der Waals surface area (Å²) in [5.41, 5.74) is 2.66. The summed E-state index contributed by atoms with van der Waals surface area (Å²) in [5.74, 6) is 2.54. The molecule has 1 heterocycles. The zero-order valence-corrected chi connectivity index (χ0v) is 20.1. The molecule has 33 heavy (non-hydrogen) atoms. The first kappa shape index (κ1) is 23.1. The lowest BCUT2D eigenvalue weighted by Crippen LogP contribution is -2.41. The monoisotopic (exact) mass is 449 g/mol. The van der Waals surface area contributed by atoms with E-state index in [1.165, 1.54) is 19.3 Å². The van der Waals surface area contributed by atoms with Gasteiger partial charge in [-0.25, -0.2) is 4.98 Å². The summed E-state index contributed by atoms with van der Waals surface area (Å²) in [6.45, 7) is 4.32. The third-order valence-corrected chi connectivity index (χ3v) is 6.51. The number of carbonyl (C=O) groups excluding carboxylic acids is 1. The van der Waals surface area contributed by atoms with E-state index in [-0.39, 0.29) is 18.0 Å². The number of fused-ring (bicyclic) bond motifs is 1. The van der Waals surface area contributed by atoms with Gasteiger partial charge in [0.1, 0.15) is 23.4 Å². The lowest BCUT2D eigenvalue weighted by atomic mass is 9.94. The third-order valence-electron chi connectivity index (χ3n) is 6.51. The number of amides is 1. The van der Waals surface area contributed by atoms with E-state index in [0.29, 0.717) is 17.4 Å². The zero-order valence-electron chi connectivity index (χ0n) is 20.1. The minimum atomic E-state index is -0.360. The minimum absolute atomic E-state index is 0.0764. The van der Waals surface area contributed by atoms with Gasteiger partial charge in [0.25, 0.3) is 0 Å². The number of imidazole rings is 1. The molecule has 1 amide bonds. The molecule has 1 fully saturated rings. The largest absolute Gasteiger partial charge is 0.497 e. The number of rotatable bonds is 8. The summed E-state index contributed by atoms with van der Waals surface area (Å²) in [4.78, 5) is 18.7. The molecule has 3 aromatic rings. The van der Waals surface area contributed by atoms with Crippen LogP contribution in [0.15, 0.2) is 42.5 Å². The van der Waals surface area contributed by atoms with Gasteiger partial charge in [0.05, 0.1) is 30.8 Å². The average Bonchev–Trinajstić information content (AvgIpc) is 3.21. The number of methoxy groups -OCH3 is 2. The van der Waals surface area contributed by atoms with Crippen LogP contribution in [0.1, 0.15) is 58.4 Å². The van der Waals surface area contributed by atoms with Crippen molar-refractivity contribution in [1.29, 1.82) is 0 Å². The van der Waals surface area contributed by atoms with Gasteiger partial charge in [-0.3, -0.25) is 4.79 Å². The zero-order chi connectivity index (χ0) is 23.4. The van der Waals surface area contributed by atoms with Crippen molar-refractivity contribution < 1.29 is 14.3 Å². The Bertz CT molecular complexity index is 1100. The maximum Gasteiger partial charge on any atom is 0.243 e. The molecule has 2 aromatic carbocycles. The molecule has 1 saturated carbocycles. The van der Waals surface area contributed by atoms with E-state index in [2.05, 4.69) is 23.7 Å². The van der Waals surface area contributed by atoms with Gasteiger partial charge in [0.15, 0.2) is 0 Å². The number of aromatic nitrogens is 2. The van der Waals surface area contributed by atoms with Crippen LogP contribution < -0.4 is 14.8 Å². The van der Waals surface area contributed by atoms with Crippen LogP contribution in [0.4, 0.5) is 0 Å². The summed E-state index contributed by atoms with van der Waals surface area (Å²) >= 11 is 0. The van der Waals surface area contributed by atoms with Crippen molar-refractivity contribution in [2.75, 3.05) is 14.2 Å². The van der Waals surface area contributed by atoms with E-state index in [4.69, 9.17) is 14.5 Å². The summed E-state index contributed by atoms with van der Waals surface area (Å²) in [6.07, 6.45) is 6.47. The van der Waals surface area contributed by atoms with Gasteiger partial charge in [-0.15, -0.1) is 0 Å². The fourth-order valence-electron chi connectivity index (χ4n) is 4.85. The quantitative estimate of drug-likeness (QED) is 0.475. The van der Waals surface area contributed by atoms with Crippen LogP contribution in [0.5, 0.6) is 11.5 Å². The van der Waals surface area contributed by atoms with Crippen molar-refractivity contribution >= 4 is 16.9 Å². The fourth-order valence-corrected chi connectivity index (χ4v) is 4.85. The van der Waals surface area contributed by atoms with Gasteiger partial charge in [-0.05, 0) is 49.4 Å². The molecule has 1 aliphatic rings. The predicted molar refractivity (Wildman–Crippen MR) is 132 cm³/mol. The van der Waals surface area contributed by atoms with Crippen LogP contribution in [-0.4, -0.2) is 35.7 Å². The number of benzene rings is 2. The Balaban J connectivity index is 1.83. The van der Waals surface area contributed by atoms with Gasteiger partial charge in [-0.2, -0.15) is 0 Å². The van der Waals surface area contributed by atoms with Gasteiger partial charge >= 0.3 is 0 Å². The Kier molecular flexibility index (Phi) is 7.21. The highest BCUT2D eigenvalue weighted by molar-refractivity contribution is 5.88. The summed E-state index contributed by atoms with van der Waals surface area (Å²) in [7, 11) is 3.28. The van der Waals surface area contributed by atoms with Gasteiger partial charge in [0, 0.05) is 12.1 Å². The number of hydrogen-bond donors (Lipinski definition) is 1. The minimum Gasteiger partial charge on any atom is -0.497 e. The highest BCUT2D eigenvalue weighted by atomic mass is 16.5. The number of para-hydroxylation sites is 2. The molecule has 1 aromatic heterocycles. The molecule has 1 unspecified atom stereocenters. The van der Waals surface area contributed by atoms with Crippen LogP contribution in [0.3, 0.4) is 0 Å². The first-order valence-corrected chi connectivity index (χ1v) is 12.0. The second-order valence-corrected chi connectivity index (χ2v) is 9.35. The second kappa shape index (κ2) is 10.3. The molecule has 0 aliphatic heterocycles. The Morgan fingerprint density at radius 2 is 1.85 bits per heavy atom. The highest BCUT2D eigenvalue weighted by Gasteiger charge is 2.30. The molecule has 0 radical (unpaired) electrons. The maximum absolute atomic E-state index is 13.7. The number of nitrogens with one attached hydrogen (secondary N) is 1. The Morgan fingerprint density at radius 1 is 1.09 bits per heavy atom. The molecule has 4 rings (SSSR count). The molecule has 6 heteroatoms. The first-order chi connectivity index (χ1) is 16.0. The van der Waals surface area contributed by atoms with E-state index >= 15 is 0 Å². The van der Waals surface area contributed by atoms with E-state index in [1.54, 1.807) is 14.2 Å². The molecule has 1 N–H and O–H groups in total. The molecule has 0 bridgehead atoms. The van der Waals surface area contributed by atoms with Gasteiger partial charge in [-0.1, -0.05) is 45.2 Å². The van der Waals surface area contributed by atoms with Crippen molar-refractivity contribution in [3.8, 4) is 22.9 Å². The van der Waals surface area contributed by atoms with Crippen LogP contribution in [-0.2, 0) is 4.79 Å². The third kappa shape index (κ3) is 5.00. The Labute approximate surface area is 196 Å². The van der Waals surface area contributed by atoms with Crippen molar-refractivity contribution in [2.24, 2.45) is 5.92 Å². The number of ether oxygens (including phenoxy) is 2. The molecule has 1 aliphatic carbocycles. The smallest absolute Gasteiger partial charge is 0.243 e. The van der Waals surface area contributed by atoms with Crippen LogP contribution in [0.2, 0.25) is 0 Å². The standard InChI is InChI=1S/C27H35N3O3/c1-18(2)16-24(27(31)28-19-10-6-5-7-11-19)30-23-13-9-8-12-22(23)29-26(30)21-15-14-20(32-3)17-25(21)33-4/h8-9,12-15,17-19,24H,5-7,10-11,16H2,1-4H3,(H,28,31). The predicted octanol–water partition coefficient (Wildman–Crippen LogP) is 5.76. The van der Waals surface area contributed by atoms with Gasteiger partial charge in [0.2, 0.25) is 5.91 Å². The number of carbonyl (C=O) groups is 1. The van der Waals surface area contributed by atoms with E-state index in [0.717, 1.165) is 41.7 Å². The van der Waals surface area contributed by atoms with Crippen LogP contribution in [0, 0.1) is 5.92 Å². The molecule has 0 saturated heterocycles. The van der Waals surface area contributed by atoms with Crippen molar-refractivity contribution in [2.45, 2.75) is 64.5 Å². The number of hydrogen-bond acceptors (Lipinski definition) is 4. The van der Waals surface area contributed by atoms with Crippen molar-refractivity contribution in [3.05, 3.63) is 42.5 Å². The highest BCUT2D eigenvalue weighted by Crippen LogP contribution is 2.37. The van der Waals surface area contributed by atoms with Crippen molar-refractivity contribution in [1.82, 2.24) is 14.9 Å². The number of nitrogens with zero attached hydrogens (tertiary/aromatic N) is 2. The first-order valence-electron chi connectivity index (χ1n) is 12.0. The summed E-state index contributed by atoms with van der Waals surface area (Å²) in [5, 5.41) is 3.36. The van der Waals surface area contributed by atoms with E-state index in [1.807, 2.05) is 42.5 Å². The fraction of sp³-hybridized carbons (Fsp3) is 0.481. The maximum atomic E-state index is 13.7. The second-order valence-electron chi connectivity index (χ2n) is 9.35. The molecular weight excluding hydrogens is 414 g/mol. The lowest BCUT2D eigenvalue weighted by molar-refractivity contribution is -0.125.